The third-order valence-electron chi connectivity index (χ3n) is 3.68. The van der Waals surface area contributed by atoms with Crippen molar-refractivity contribution in [3.8, 4) is 0 Å². The van der Waals surface area contributed by atoms with E-state index in [0.29, 0.717) is 6.42 Å². The molecule has 0 bridgehead atoms. The first kappa shape index (κ1) is 14.7. The third kappa shape index (κ3) is 3.53. The summed E-state index contributed by atoms with van der Waals surface area (Å²) >= 11 is 5.17. The van der Waals surface area contributed by atoms with Crippen LogP contribution in [0.2, 0.25) is 0 Å². The highest BCUT2D eigenvalue weighted by atomic mass is 79.9. The van der Waals surface area contributed by atoms with Crippen LogP contribution in [0, 0.1) is 0 Å². The van der Waals surface area contributed by atoms with Gasteiger partial charge >= 0.3 is 0 Å². The number of nitrogens with one attached hydrogen (secondary N) is 2. The summed E-state index contributed by atoms with van der Waals surface area (Å²) in [5.74, 6) is 0.111. The number of carbonyl (C=O) groups excluding carboxylic acids is 1. The first-order chi connectivity index (χ1) is 10.1. The van der Waals surface area contributed by atoms with Crippen molar-refractivity contribution < 1.29 is 4.79 Å². The molecule has 1 aliphatic heterocycles. The Morgan fingerprint density at radius 3 is 3.14 bits per heavy atom. The molecular formula is C14H17BrN4OS. The lowest BCUT2D eigenvalue weighted by Gasteiger charge is -2.32. The number of thiophene rings is 1. The van der Waals surface area contributed by atoms with Crippen LogP contribution in [0.3, 0.4) is 0 Å². The van der Waals surface area contributed by atoms with Crippen LogP contribution in [0.4, 0.5) is 0 Å². The molecule has 0 saturated carbocycles. The lowest BCUT2D eigenvalue weighted by Crippen LogP contribution is -2.48. The molecule has 0 aliphatic carbocycles. The van der Waals surface area contributed by atoms with Crippen molar-refractivity contribution >= 4 is 33.2 Å². The number of piperidine rings is 1. The maximum absolute atomic E-state index is 11.7. The fraction of sp³-hybridized carbons (Fsp3) is 0.429. The van der Waals surface area contributed by atoms with Crippen molar-refractivity contribution in [2.75, 3.05) is 0 Å². The van der Waals surface area contributed by atoms with E-state index >= 15 is 0 Å². The molecule has 3 rings (SSSR count). The third-order valence-corrected chi connectivity index (χ3v) is 5.23. The highest BCUT2D eigenvalue weighted by molar-refractivity contribution is 9.11. The molecule has 2 aromatic rings. The van der Waals surface area contributed by atoms with Gasteiger partial charge in [0.05, 0.1) is 16.0 Å². The summed E-state index contributed by atoms with van der Waals surface area (Å²) in [6.07, 6.45) is 5.21. The maximum Gasteiger partial charge on any atom is 0.220 e. The van der Waals surface area contributed by atoms with Gasteiger partial charge in [-0.1, -0.05) is 0 Å². The Morgan fingerprint density at radius 1 is 1.62 bits per heavy atom. The summed E-state index contributed by atoms with van der Waals surface area (Å²) in [7, 11) is 1.89. The van der Waals surface area contributed by atoms with Crippen molar-refractivity contribution in [2.45, 2.75) is 31.5 Å². The molecule has 21 heavy (non-hydrogen) atoms. The van der Waals surface area contributed by atoms with Gasteiger partial charge in [-0.15, -0.1) is 11.3 Å². The summed E-state index contributed by atoms with van der Waals surface area (Å²) in [6.45, 7) is 0.805. The fourth-order valence-electron chi connectivity index (χ4n) is 2.62. The zero-order chi connectivity index (χ0) is 14.8. The highest BCUT2D eigenvalue weighted by Crippen LogP contribution is 2.25. The number of hydrogen-bond acceptors (Lipinski definition) is 4. The Kier molecular flexibility index (Phi) is 4.42. The van der Waals surface area contributed by atoms with E-state index in [9.17, 15) is 4.79 Å². The van der Waals surface area contributed by atoms with Crippen LogP contribution in [0.15, 0.2) is 27.6 Å². The molecule has 0 radical (unpaired) electrons. The number of hydrogen-bond donors (Lipinski definition) is 2. The maximum atomic E-state index is 11.7. The number of aromatic nitrogens is 2. The van der Waals surface area contributed by atoms with E-state index in [-0.39, 0.29) is 18.0 Å². The number of carbonyl (C=O) groups is 1. The van der Waals surface area contributed by atoms with Gasteiger partial charge in [0.2, 0.25) is 5.91 Å². The van der Waals surface area contributed by atoms with Crippen molar-refractivity contribution in [1.29, 1.82) is 0 Å². The minimum absolute atomic E-state index is 0.0120. The van der Waals surface area contributed by atoms with E-state index in [1.165, 1.54) is 5.56 Å². The van der Waals surface area contributed by atoms with Crippen LogP contribution >= 0.6 is 27.3 Å². The molecule has 1 fully saturated rings. The van der Waals surface area contributed by atoms with Gasteiger partial charge in [-0.05, 0) is 39.4 Å². The van der Waals surface area contributed by atoms with Crippen LogP contribution in [0.5, 0.6) is 0 Å². The van der Waals surface area contributed by atoms with Gasteiger partial charge < -0.3 is 10.6 Å². The van der Waals surface area contributed by atoms with Gasteiger partial charge in [0.15, 0.2) is 0 Å². The van der Waals surface area contributed by atoms with Crippen molar-refractivity contribution in [2.24, 2.45) is 7.05 Å². The number of rotatable bonds is 4. The minimum Gasteiger partial charge on any atom is -0.348 e. The van der Waals surface area contributed by atoms with Gasteiger partial charge in [-0.3, -0.25) is 9.48 Å². The van der Waals surface area contributed by atoms with Gasteiger partial charge in [-0.2, -0.15) is 5.10 Å². The van der Waals surface area contributed by atoms with E-state index in [1.807, 2.05) is 19.4 Å². The largest absolute Gasteiger partial charge is 0.348 e. The average molecular weight is 369 g/mol. The summed E-state index contributed by atoms with van der Waals surface area (Å²) < 4.78 is 2.91. The average Bonchev–Trinajstić information content (AvgIpc) is 3.06. The Labute approximate surface area is 135 Å². The topological polar surface area (TPSA) is 59.0 Å². The van der Waals surface area contributed by atoms with Crippen LogP contribution in [0.1, 0.15) is 30.0 Å². The second kappa shape index (κ2) is 6.29. The molecule has 1 aliphatic rings. The smallest absolute Gasteiger partial charge is 0.220 e. The quantitative estimate of drug-likeness (QED) is 0.870. The monoisotopic (exact) mass is 368 g/mol. The predicted octanol–water partition coefficient (Wildman–Crippen LogP) is 2.35. The Hall–Kier alpha value is -1.18. The summed E-state index contributed by atoms with van der Waals surface area (Å²) in [4.78, 5) is 11.7. The molecule has 2 atom stereocenters. The Bertz CT molecular complexity index is 638. The SMILES string of the molecule is Cn1cc([C@@H]2NC(=O)CC[C@H]2NCc2csc(Br)c2)cn1. The second-order valence-electron chi connectivity index (χ2n) is 5.28. The van der Waals surface area contributed by atoms with E-state index in [4.69, 9.17) is 0 Å². The lowest BCUT2D eigenvalue weighted by molar-refractivity contribution is -0.123. The van der Waals surface area contributed by atoms with Crippen molar-refractivity contribution in [3.63, 3.8) is 0 Å². The van der Waals surface area contributed by atoms with Gasteiger partial charge in [0, 0.05) is 37.8 Å². The second-order valence-corrected chi connectivity index (χ2v) is 7.57. The first-order valence-corrected chi connectivity index (χ1v) is 8.53. The van der Waals surface area contributed by atoms with Crippen LogP contribution in [-0.4, -0.2) is 21.7 Å². The predicted molar refractivity (Wildman–Crippen MR) is 86.0 cm³/mol. The molecular weight excluding hydrogens is 352 g/mol. The Balaban J connectivity index is 1.70. The molecule has 112 valence electrons. The number of halogens is 1. The van der Waals surface area contributed by atoms with Crippen LogP contribution in [-0.2, 0) is 18.4 Å². The number of nitrogens with zero attached hydrogens (tertiary/aromatic N) is 2. The first-order valence-electron chi connectivity index (χ1n) is 6.86. The van der Waals surface area contributed by atoms with E-state index < -0.39 is 0 Å². The van der Waals surface area contributed by atoms with Crippen molar-refractivity contribution in [1.82, 2.24) is 20.4 Å². The van der Waals surface area contributed by atoms with E-state index in [0.717, 1.165) is 22.3 Å². The van der Waals surface area contributed by atoms with E-state index in [1.54, 1.807) is 16.0 Å². The molecule has 2 N–H and O–H groups in total. The number of aryl methyl sites for hydroxylation is 1. The zero-order valence-electron chi connectivity index (χ0n) is 11.7. The zero-order valence-corrected chi connectivity index (χ0v) is 14.1. The summed E-state index contributed by atoms with van der Waals surface area (Å²) in [5, 5.41) is 13.0. The van der Waals surface area contributed by atoms with E-state index in [2.05, 4.69) is 43.1 Å². The van der Waals surface area contributed by atoms with Crippen molar-refractivity contribution in [3.05, 3.63) is 38.8 Å². The number of amides is 1. The van der Waals surface area contributed by atoms with Gasteiger partial charge in [0.25, 0.3) is 0 Å². The molecule has 7 heteroatoms. The summed E-state index contributed by atoms with van der Waals surface area (Å²) in [5.41, 5.74) is 2.31. The Morgan fingerprint density at radius 2 is 2.48 bits per heavy atom. The lowest BCUT2D eigenvalue weighted by atomic mass is 9.93. The summed E-state index contributed by atoms with van der Waals surface area (Å²) in [6, 6.07) is 2.34. The van der Waals surface area contributed by atoms with Crippen LogP contribution in [0.25, 0.3) is 0 Å². The molecule has 3 heterocycles. The molecule has 2 aromatic heterocycles. The molecule has 1 saturated heterocycles. The molecule has 0 spiro atoms. The standard InChI is InChI=1S/C14H17BrN4OS/c1-19-7-10(6-17-19)14-11(2-3-13(20)18-14)16-5-9-4-12(15)21-8-9/h4,6-8,11,14,16H,2-3,5H2,1H3,(H,18,20)/t11-,14+/m1/s1. The molecule has 5 nitrogen and oxygen atoms in total. The molecule has 0 unspecified atom stereocenters. The van der Waals surface area contributed by atoms with Gasteiger partial charge in [-0.25, -0.2) is 0 Å². The van der Waals surface area contributed by atoms with Crippen LogP contribution < -0.4 is 10.6 Å². The fourth-order valence-corrected chi connectivity index (χ4v) is 3.83. The molecule has 0 aromatic carbocycles. The normalized spacial score (nSPS) is 22.3. The highest BCUT2D eigenvalue weighted by Gasteiger charge is 2.30. The minimum atomic E-state index is -0.0120. The molecule has 1 amide bonds. The van der Waals surface area contributed by atoms with Gasteiger partial charge in [0.1, 0.15) is 0 Å².